The van der Waals surface area contributed by atoms with Crippen LogP contribution in [0.25, 0.3) is 0 Å². The average molecular weight is 448 g/mol. The lowest BCUT2D eigenvalue weighted by molar-refractivity contribution is -0.119. The average Bonchev–Trinajstić information content (AvgIpc) is 2.98. The minimum absolute atomic E-state index is 0.184. The molecule has 0 spiro atoms. The van der Waals surface area contributed by atoms with Crippen LogP contribution in [0.4, 0.5) is 5.69 Å². The van der Waals surface area contributed by atoms with E-state index in [9.17, 15) is 9.90 Å². The Balaban J connectivity index is 1.76. The van der Waals surface area contributed by atoms with E-state index in [1.54, 1.807) is 24.3 Å². The zero-order valence-electron chi connectivity index (χ0n) is 15.1. The maximum Gasteiger partial charge on any atom is 0.253 e. The molecule has 0 saturated heterocycles. The molecule has 148 valence electrons. The zero-order valence-corrected chi connectivity index (χ0v) is 17.4. The molecule has 0 bridgehead atoms. The lowest BCUT2D eigenvalue weighted by atomic mass is 9.93. The Bertz CT molecular complexity index is 1040. The Morgan fingerprint density at radius 1 is 0.966 bits per heavy atom. The van der Waals surface area contributed by atoms with E-state index in [-0.39, 0.29) is 12.5 Å². The second-order valence-electron chi connectivity index (χ2n) is 6.76. The van der Waals surface area contributed by atoms with E-state index >= 15 is 0 Å². The predicted octanol–water partition coefficient (Wildman–Crippen LogP) is 5.36. The number of halogens is 3. The number of aliphatic hydroxyl groups excluding tert-OH is 1. The van der Waals surface area contributed by atoms with Crippen LogP contribution in [0.3, 0.4) is 0 Å². The summed E-state index contributed by atoms with van der Waals surface area (Å²) >= 11 is 18.5. The van der Waals surface area contributed by atoms with Crippen LogP contribution < -0.4 is 10.4 Å². The third-order valence-corrected chi connectivity index (χ3v) is 5.94. The maximum absolute atomic E-state index is 13.4. The highest BCUT2D eigenvalue weighted by Gasteiger charge is 2.40. The normalized spacial score (nSPS) is 16.8. The molecule has 1 amide bonds. The molecule has 1 unspecified atom stereocenters. The predicted molar refractivity (Wildman–Crippen MR) is 117 cm³/mol. The Labute approximate surface area is 183 Å². The first kappa shape index (κ1) is 20.2. The highest BCUT2D eigenvalue weighted by atomic mass is 35.5. The van der Waals surface area contributed by atoms with E-state index in [1.165, 1.54) is 5.01 Å². The van der Waals surface area contributed by atoms with Gasteiger partial charge in [-0.2, -0.15) is 0 Å². The number of fused-ring (bicyclic) bond motifs is 1. The molecule has 0 aromatic heterocycles. The summed E-state index contributed by atoms with van der Waals surface area (Å²) in [7, 11) is 0. The fourth-order valence-corrected chi connectivity index (χ4v) is 3.99. The Morgan fingerprint density at radius 3 is 2.28 bits per heavy atom. The number of benzene rings is 3. The lowest BCUT2D eigenvalue weighted by Crippen LogP contribution is -2.44. The van der Waals surface area contributed by atoms with E-state index in [0.717, 1.165) is 16.7 Å². The summed E-state index contributed by atoms with van der Waals surface area (Å²) in [5.74, 6) is -0.741. The van der Waals surface area contributed by atoms with E-state index < -0.39 is 12.0 Å². The van der Waals surface area contributed by atoms with Crippen molar-refractivity contribution in [3.05, 3.63) is 98.5 Å². The zero-order chi connectivity index (χ0) is 20.5. The monoisotopic (exact) mass is 446 g/mol. The van der Waals surface area contributed by atoms with Crippen LogP contribution in [0.5, 0.6) is 0 Å². The van der Waals surface area contributed by atoms with Gasteiger partial charge in [-0.3, -0.25) is 4.79 Å². The number of amides is 1. The van der Waals surface area contributed by atoms with Gasteiger partial charge in [-0.15, -0.1) is 0 Å². The van der Waals surface area contributed by atoms with Crippen molar-refractivity contribution in [2.75, 3.05) is 11.6 Å². The third kappa shape index (κ3) is 3.87. The fraction of sp³-hybridized carbons (Fsp3) is 0.136. The van der Waals surface area contributed by atoms with E-state index in [0.29, 0.717) is 20.8 Å². The Hall–Kier alpha value is -2.08. The SMILES string of the molecule is O=C1C(c2ccc(Cl)cc2)c2cc(Cl)c(Cl)cc2N1N[C@@H](CO)c1ccccc1. The Morgan fingerprint density at radius 2 is 1.62 bits per heavy atom. The van der Waals surface area contributed by atoms with Gasteiger partial charge >= 0.3 is 0 Å². The molecule has 4 rings (SSSR count). The van der Waals surface area contributed by atoms with E-state index in [4.69, 9.17) is 34.8 Å². The molecule has 1 aliphatic rings. The maximum atomic E-state index is 13.4. The Kier molecular flexibility index (Phi) is 5.81. The van der Waals surface area contributed by atoms with Crippen molar-refractivity contribution in [1.29, 1.82) is 0 Å². The first-order chi connectivity index (χ1) is 14.0. The molecule has 0 radical (unpaired) electrons. The number of nitrogens with zero attached hydrogens (tertiary/aromatic N) is 1. The molecule has 1 heterocycles. The van der Waals surface area contributed by atoms with Crippen LogP contribution >= 0.6 is 34.8 Å². The van der Waals surface area contributed by atoms with Gasteiger partial charge in [0.05, 0.1) is 34.3 Å². The molecule has 7 heteroatoms. The van der Waals surface area contributed by atoms with Gasteiger partial charge < -0.3 is 5.11 Å². The minimum atomic E-state index is -0.556. The summed E-state index contributed by atoms with van der Waals surface area (Å²) in [5.41, 5.74) is 6.16. The number of hydrogen-bond donors (Lipinski definition) is 2. The van der Waals surface area contributed by atoms with Crippen molar-refractivity contribution in [3.63, 3.8) is 0 Å². The smallest absolute Gasteiger partial charge is 0.253 e. The molecule has 3 aromatic rings. The minimum Gasteiger partial charge on any atom is -0.394 e. The molecule has 1 aliphatic heterocycles. The van der Waals surface area contributed by atoms with Crippen LogP contribution in [-0.4, -0.2) is 17.6 Å². The molecule has 0 fully saturated rings. The molecule has 2 N–H and O–H groups in total. The van der Waals surface area contributed by atoms with Gasteiger partial charge in [0, 0.05) is 5.02 Å². The van der Waals surface area contributed by atoms with Crippen molar-refractivity contribution < 1.29 is 9.90 Å². The number of hydrazine groups is 1. The first-order valence-corrected chi connectivity index (χ1v) is 10.1. The second-order valence-corrected chi connectivity index (χ2v) is 8.01. The highest BCUT2D eigenvalue weighted by molar-refractivity contribution is 6.42. The molecule has 29 heavy (non-hydrogen) atoms. The summed E-state index contributed by atoms with van der Waals surface area (Å²) < 4.78 is 0. The first-order valence-electron chi connectivity index (χ1n) is 9.00. The van der Waals surface area contributed by atoms with Gasteiger partial charge in [0.1, 0.15) is 0 Å². The van der Waals surface area contributed by atoms with Crippen molar-refractivity contribution in [2.24, 2.45) is 0 Å². The fourth-order valence-electron chi connectivity index (χ4n) is 3.53. The number of anilines is 1. The molecular formula is C22H17Cl3N2O2. The number of carbonyl (C=O) groups is 1. The second kappa shape index (κ2) is 8.34. The van der Waals surface area contributed by atoms with Crippen LogP contribution in [0.1, 0.15) is 28.7 Å². The number of carbonyl (C=O) groups excluding carboxylic acids is 1. The summed E-state index contributed by atoms with van der Waals surface area (Å²) in [4.78, 5) is 13.4. The summed E-state index contributed by atoms with van der Waals surface area (Å²) in [6, 6.07) is 19.5. The summed E-state index contributed by atoms with van der Waals surface area (Å²) in [6.07, 6.45) is 0. The van der Waals surface area contributed by atoms with Gasteiger partial charge in [-0.05, 0) is 41.0 Å². The molecule has 3 aromatic carbocycles. The van der Waals surface area contributed by atoms with Gasteiger partial charge in [0.15, 0.2) is 0 Å². The number of nitrogens with one attached hydrogen (secondary N) is 1. The molecule has 4 nitrogen and oxygen atoms in total. The van der Waals surface area contributed by atoms with Gasteiger partial charge in [-0.25, -0.2) is 10.4 Å². The molecular weight excluding hydrogens is 431 g/mol. The summed E-state index contributed by atoms with van der Waals surface area (Å²) in [5, 5.41) is 12.7. The van der Waals surface area contributed by atoms with Gasteiger partial charge in [0.25, 0.3) is 5.91 Å². The standard InChI is InChI=1S/C22H17Cl3N2O2/c23-15-8-6-14(7-9-15)21-16-10-17(24)18(25)11-20(16)27(22(21)29)26-19(12-28)13-4-2-1-3-5-13/h1-11,19,21,26,28H,12H2/t19-,21?/m0/s1. The van der Waals surface area contributed by atoms with Gasteiger partial charge in [0.2, 0.25) is 0 Å². The largest absolute Gasteiger partial charge is 0.394 e. The molecule has 0 aliphatic carbocycles. The van der Waals surface area contributed by atoms with E-state index in [2.05, 4.69) is 5.43 Å². The highest BCUT2D eigenvalue weighted by Crippen LogP contribution is 2.44. The number of hydrogen-bond acceptors (Lipinski definition) is 3. The quantitative estimate of drug-likeness (QED) is 0.553. The van der Waals surface area contributed by atoms with Crippen LogP contribution in [0.15, 0.2) is 66.7 Å². The van der Waals surface area contributed by atoms with Crippen molar-refractivity contribution in [3.8, 4) is 0 Å². The van der Waals surface area contributed by atoms with Crippen LogP contribution in [-0.2, 0) is 4.79 Å². The third-order valence-electron chi connectivity index (χ3n) is 4.96. The van der Waals surface area contributed by atoms with Crippen molar-refractivity contribution >= 4 is 46.4 Å². The summed E-state index contributed by atoms with van der Waals surface area (Å²) in [6.45, 7) is -0.184. The van der Waals surface area contributed by atoms with Crippen molar-refractivity contribution in [2.45, 2.75) is 12.0 Å². The van der Waals surface area contributed by atoms with E-state index in [1.807, 2.05) is 42.5 Å². The number of rotatable bonds is 5. The number of aliphatic hydroxyl groups is 1. The van der Waals surface area contributed by atoms with Crippen LogP contribution in [0, 0.1) is 0 Å². The van der Waals surface area contributed by atoms with Gasteiger partial charge in [-0.1, -0.05) is 77.3 Å². The molecule has 2 atom stereocenters. The topological polar surface area (TPSA) is 52.6 Å². The lowest BCUT2D eigenvalue weighted by Gasteiger charge is -2.26. The molecule has 0 saturated carbocycles. The van der Waals surface area contributed by atoms with Crippen molar-refractivity contribution in [1.82, 2.24) is 5.43 Å². The van der Waals surface area contributed by atoms with Crippen LogP contribution in [0.2, 0.25) is 15.1 Å².